The maximum absolute atomic E-state index is 2.43. The highest BCUT2D eigenvalue weighted by Crippen LogP contribution is 2.73. The number of hydrogen-bond donors (Lipinski definition) is 0. The van der Waals surface area contributed by atoms with E-state index in [1.54, 1.807) is 0 Å². The molecule has 1 nitrogen and oxygen atoms in total. The minimum absolute atomic E-state index is 1.08. The third-order valence-electron chi connectivity index (χ3n) is 12.6. The van der Waals surface area contributed by atoms with Crippen molar-refractivity contribution in [1.82, 2.24) is 0 Å². The van der Waals surface area contributed by atoms with Crippen molar-refractivity contribution in [2.75, 3.05) is 4.90 Å². The van der Waals surface area contributed by atoms with Crippen molar-refractivity contribution in [3.05, 3.63) is 285 Å². The van der Waals surface area contributed by atoms with E-state index in [0.29, 0.717) is 0 Å². The van der Waals surface area contributed by atoms with Crippen LogP contribution in [0, 0.1) is 0 Å². The van der Waals surface area contributed by atoms with E-state index in [2.05, 4.69) is 290 Å². The smallest absolute Gasteiger partial charge is 0.0472 e. The van der Waals surface area contributed by atoms with Crippen LogP contribution in [0.25, 0.3) is 55.3 Å². The van der Waals surface area contributed by atoms with Gasteiger partial charge in [0.15, 0.2) is 0 Å². The molecule has 11 aromatic carbocycles. The van der Waals surface area contributed by atoms with Gasteiger partial charge in [-0.25, -0.2) is 0 Å². The average Bonchev–Trinajstić information content (AvgIpc) is 3.41. The largest absolute Gasteiger partial charge is 0.310 e. The zero-order valence-electron chi connectivity index (χ0n) is 36.5. The van der Waals surface area contributed by atoms with E-state index in [0.717, 1.165) is 22.6 Å². The molecule has 11 rings (SSSR count). The molecule has 0 N–H and O–H groups in total. The van der Waals surface area contributed by atoms with Crippen molar-refractivity contribution < 1.29 is 0 Å². The van der Waals surface area contributed by atoms with Crippen LogP contribution in [0.15, 0.2) is 305 Å². The predicted molar refractivity (Wildman–Crippen MR) is 280 cm³/mol. The van der Waals surface area contributed by atoms with Crippen LogP contribution in [0.4, 0.5) is 17.1 Å². The van der Waals surface area contributed by atoms with Crippen molar-refractivity contribution in [2.24, 2.45) is 0 Å². The fraction of sp³-hybridized carbons (Fsp3) is 0. The number of nitrogens with zero attached hydrogens (tertiary/aromatic N) is 1. The second-order valence-corrected chi connectivity index (χ2v) is 19.6. The van der Waals surface area contributed by atoms with Gasteiger partial charge in [0.1, 0.15) is 0 Å². The molecule has 0 aliphatic rings. The monoisotopic (exact) mass is 861 g/mol. The SMILES string of the molecule is c1ccc(-c2ccc(-c3ccc(N(c4ccc(-c5cccc6ccccc56)cc4)c4cccc(S(c5ccccc5)(c5ccccc5)c5ccccc5)c4)cc3)cc2-c2ccccc2)cc1. The van der Waals surface area contributed by atoms with Crippen molar-refractivity contribution in [3.8, 4) is 44.5 Å². The van der Waals surface area contributed by atoms with Crippen LogP contribution in [0.2, 0.25) is 0 Å². The molecule has 11 aromatic rings. The quantitative estimate of drug-likeness (QED) is 0.125. The van der Waals surface area contributed by atoms with Gasteiger partial charge in [0, 0.05) is 36.6 Å². The van der Waals surface area contributed by atoms with Crippen LogP contribution < -0.4 is 4.90 Å². The highest BCUT2D eigenvalue weighted by molar-refractivity contribution is 8.34. The lowest BCUT2D eigenvalue weighted by molar-refractivity contribution is 1.22. The molecule has 0 aromatic heterocycles. The predicted octanol–water partition coefficient (Wildman–Crippen LogP) is 18.3. The molecule has 0 saturated carbocycles. The van der Waals surface area contributed by atoms with Crippen molar-refractivity contribution in [2.45, 2.75) is 19.6 Å². The van der Waals surface area contributed by atoms with Gasteiger partial charge in [-0.15, -0.1) is 10.0 Å². The van der Waals surface area contributed by atoms with E-state index >= 15 is 0 Å². The summed E-state index contributed by atoms with van der Waals surface area (Å²) < 4.78 is 0. The van der Waals surface area contributed by atoms with Gasteiger partial charge in [-0.1, -0.05) is 200 Å². The Bertz CT molecular complexity index is 3270. The Morgan fingerprint density at radius 1 is 0.227 bits per heavy atom. The first-order valence-electron chi connectivity index (χ1n) is 22.6. The summed E-state index contributed by atoms with van der Waals surface area (Å²) in [6.45, 7) is 0. The first kappa shape index (κ1) is 40.6. The Morgan fingerprint density at radius 3 is 1.23 bits per heavy atom. The Morgan fingerprint density at radius 2 is 0.652 bits per heavy atom. The molecule has 314 valence electrons. The minimum atomic E-state index is -1.92. The molecule has 0 amide bonds. The number of rotatable bonds is 11. The molecule has 0 radical (unpaired) electrons. The van der Waals surface area contributed by atoms with E-state index in [1.165, 1.54) is 69.3 Å². The maximum atomic E-state index is 2.43. The maximum Gasteiger partial charge on any atom is 0.0472 e. The first-order valence-corrected chi connectivity index (χ1v) is 24.2. The molecule has 0 fully saturated rings. The van der Waals surface area contributed by atoms with E-state index in [-0.39, 0.29) is 0 Å². The van der Waals surface area contributed by atoms with E-state index < -0.39 is 10.0 Å². The van der Waals surface area contributed by atoms with E-state index in [4.69, 9.17) is 0 Å². The molecule has 0 bridgehead atoms. The molecular formula is C64H47NS. The molecule has 66 heavy (non-hydrogen) atoms. The number of hydrogen-bond acceptors (Lipinski definition) is 1. The van der Waals surface area contributed by atoms with Crippen molar-refractivity contribution in [1.29, 1.82) is 0 Å². The molecule has 0 spiro atoms. The topological polar surface area (TPSA) is 3.24 Å². The summed E-state index contributed by atoms with van der Waals surface area (Å²) in [5.41, 5.74) is 12.9. The van der Waals surface area contributed by atoms with Gasteiger partial charge in [0.05, 0.1) is 0 Å². The highest BCUT2D eigenvalue weighted by atomic mass is 32.3. The Balaban J connectivity index is 1.06. The van der Waals surface area contributed by atoms with Crippen LogP contribution >= 0.6 is 10.0 Å². The average molecular weight is 862 g/mol. The number of anilines is 3. The fourth-order valence-electron chi connectivity index (χ4n) is 9.47. The van der Waals surface area contributed by atoms with Gasteiger partial charge in [0.2, 0.25) is 0 Å². The van der Waals surface area contributed by atoms with Gasteiger partial charge in [-0.2, -0.15) is 0 Å². The van der Waals surface area contributed by atoms with Crippen LogP contribution in [0.5, 0.6) is 0 Å². The van der Waals surface area contributed by atoms with E-state index in [1.807, 2.05) is 0 Å². The van der Waals surface area contributed by atoms with Crippen molar-refractivity contribution >= 4 is 37.9 Å². The van der Waals surface area contributed by atoms with Crippen molar-refractivity contribution in [3.63, 3.8) is 0 Å². The summed E-state index contributed by atoms with van der Waals surface area (Å²) in [5.74, 6) is 0. The highest BCUT2D eigenvalue weighted by Gasteiger charge is 2.33. The van der Waals surface area contributed by atoms with Crippen LogP contribution in [0.3, 0.4) is 0 Å². The van der Waals surface area contributed by atoms with Crippen LogP contribution in [-0.4, -0.2) is 0 Å². The number of fused-ring (bicyclic) bond motifs is 1. The summed E-state index contributed by atoms with van der Waals surface area (Å²) in [5, 5.41) is 2.49. The van der Waals surface area contributed by atoms with E-state index in [9.17, 15) is 0 Å². The first-order chi connectivity index (χ1) is 32.7. The standard InChI is InChI=1S/C64H47NS/c1-6-20-49(21-7-1)63-45-40-53(46-64(63)51-22-8-2-9-23-51)48-36-41-54(42-37-48)65(55-43-38-52(39-44-55)62-35-18-25-50-24-16-17-34-61(50)62)56-26-19-33-60(47-56)66(57-27-10-3-11-28-57,58-29-12-4-13-30-58)59-31-14-5-15-32-59/h1-47H. The minimum Gasteiger partial charge on any atom is -0.310 e. The Hall–Kier alpha value is -8.17. The summed E-state index contributed by atoms with van der Waals surface area (Å²) >= 11 is 0. The molecule has 0 heterocycles. The normalized spacial score (nSPS) is 11.6. The van der Waals surface area contributed by atoms with Crippen LogP contribution in [-0.2, 0) is 0 Å². The lowest BCUT2D eigenvalue weighted by atomic mass is 9.91. The summed E-state index contributed by atoms with van der Waals surface area (Å²) in [4.78, 5) is 7.57. The third-order valence-corrected chi connectivity index (χ3v) is 16.5. The summed E-state index contributed by atoms with van der Waals surface area (Å²) in [7, 11) is -1.92. The summed E-state index contributed by atoms with van der Waals surface area (Å²) in [6, 6.07) is 104. The van der Waals surface area contributed by atoms with Gasteiger partial charge >= 0.3 is 0 Å². The van der Waals surface area contributed by atoms with Gasteiger partial charge < -0.3 is 4.90 Å². The van der Waals surface area contributed by atoms with Gasteiger partial charge in [0.25, 0.3) is 0 Å². The molecule has 0 aliphatic carbocycles. The third kappa shape index (κ3) is 7.68. The second-order valence-electron chi connectivity index (χ2n) is 16.5. The molecule has 0 saturated heterocycles. The van der Waals surface area contributed by atoms with Gasteiger partial charge in [-0.05, 0) is 140 Å². The van der Waals surface area contributed by atoms with Gasteiger partial charge in [-0.3, -0.25) is 0 Å². The molecule has 2 heteroatoms. The zero-order valence-corrected chi connectivity index (χ0v) is 37.3. The number of benzene rings is 11. The molecule has 0 unspecified atom stereocenters. The Kier molecular flexibility index (Phi) is 11.2. The fourth-order valence-corrected chi connectivity index (χ4v) is 13.4. The summed E-state index contributed by atoms with van der Waals surface area (Å²) in [6.07, 6.45) is 0. The molecular weight excluding hydrogens is 815 g/mol. The zero-order chi connectivity index (χ0) is 44.1. The van der Waals surface area contributed by atoms with Crippen LogP contribution in [0.1, 0.15) is 0 Å². The molecule has 0 atom stereocenters. The Labute approximate surface area is 389 Å². The second kappa shape index (κ2) is 18.1. The lowest BCUT2D eigenvalue weighted by Gasteiger charge is -2.42. The lowest BCUT2D eigenvalue weighted by Crippen LogP contribution is -2.11. The molecule has 0 aliphatic heterocycles.